The maximum Gasteiger partial charge on any atom is 0.244 e. The second kappa shape index (κ2) is 16.9. The van der Waals surface area contributed by atoms with E-state index in [0.717, 1.165) is 56.7 Å². The van der Waals surface area contributed by atoms with E-state index < -0.39 is 80.3 Å². The van der Waals surface area contributed by atoms with Gasteiger partial charge in [0.05, 0.1) is 9.79 Å². The van der Waals surface area contributed by atoms with Gasteiger partial charge in [-0.15, -0.1) is 23.5 Å². The smallest absolute Gasteiger partial charge is 0.225 e. The minimum absolute atomic E-state index is 0.0409. The number of rotatable bonds is 10. The van der Waals surface area contributed by atoms with Crippen molar-refractivity contribution in [3.63, 3.8) is 0 Å². The summed E-state index contributed by atoms with van der Waals surface area (Å²) in [6, 6.07) is 0. The van der Waals surface area contributed by atoms with Crippen LogP contribution in [0.3, 0.4) is 0 Å². The van der Waals surface area contributed by atoms with Crippen molar-refractivity contribution in [1.82, 2.24) is 0 Å². The second-order valence-electron chi connectivity index (χ2n) is 10.2. The van der Waals surface area contributed by atoms with Crippen LogP contribution >= 0.6 is 23.5 Å². The zero-order valence-corrected chi connectivity index (χ0v) is 27.4. The van der Waals surface area contributed by atoms with Gasteiger partial charge in [-0.3, -0.25) is 0 Å². The minimum Gasteiger partial charge on any atom is -0.225 e. The van der Waals surface area contributed by atoms with Gasteiger partial charge in [-0.1, -0.05) is 58.8 Å². The summed E-state index contributed by atoms with van der Waals surface area (Å²) in [5.74, 6) is -10.9. The largest absolute Gasteiger partial charge is 0.244 e. The third-order valence-electron chi connectivity index (χ3n) is 6.70. The number of hydrogen-bond acceptors (Lipinski definition) is 6. The van der Waals surface area contributed by atoms with Crippen LogP contribution in [0, 0.1) is 46.6 Å². The maximum atomic E-state index is 15.0. The van der Waals surface area contributed by atoms with Crippen molar-refractivity contribution < 1.29 is 47.6 Å². The van der Waals surface area contributed by atoms with Crippen molar-refractivity contribution >= 4 is 43.6 Å². The van der Waals surface area contributed by atoms with Gasteiger partial charge in [0.2, 0.25) is 20.0 Å². The predicted octanol–water partition coefficient (Wildman–Crippen LogP) is 7.55. The summed E-state index contributed by atoms with van der Waals surface area (Å²) in [6.07, 6.45) is 8.13. The standard InChI is InChI=1S/C18H26F3NO2S2.C9H9F4NO2S2/c1-2-10-25-17-14(19)13(11-12-8-6-4-3-5-7-9-12)18(26(22,23)24)16(21)15(17)20;1-2-3-17-8-4(10)6(12)9(18(14,15)16)7(13)5(8)11/h12H,2-11H2,1H3,(H2,22,23,24);2-3H2,1H3,(H2,14,15,16). The van der Waals surface area contributed by atoms with Crippen LogP contribution in [0.25, 0.3) is 0 Å². The average Bonchev–Trinajstić information content (AvgIpc) is 2.91. The normalized spacial score (nSPS) is 15.0. The molecule has 1 aliphatic rings. The first-order chi connectivity index (χ1) is 20.5. The van der Waals surface area contributed by atoms with E-state index in [9.17, 15) is 43.2 Å². The summed E-state index contributed by atoms with van der Waals surface area (Å²) in [7, 11) is -9.46. The van der Waals surface area contributed by atoms with Gasteiger partial charge in [-0.25, -0.2) is 57.8 Å². The Labute approximate surface area is 262 Å². The first kappa shape index (κ1) is 38.7. The molecule has 3 rings (SSSR count). The van der Waals surface area contributed by atoms with Gasteiger partial charge >= 0.3 is 0 Å². The monoisotopic (exact) mass is 712 g/mol. The third-order valence-corrected chi connectivity index (χ3v) is 11.1. The molecule has 6 nitrogen and oxygen atoms in total. The lowest BCUT2D eigenvalue weighted by Crippen LogP contribution is -2.21. The fraction of sp³-hybridized carbons (Fsp3) is 0.556. The van der Waals surface area contributed by atoms with Crippen molar-refractivity contribution in [2.24, 2.45) is 16.2 Å². The molecule has 0 spiro atoms. The van der Waals surface area contributed by atoms with Crippen LogP contribution in [0.15, 0.2) is 19.6 Å². The minimum atomic E-state index is -4.89. The van der Waals surface area contributed by atoms with Crippen LogP contribution in [0.5, 0.6) is 0 Å². The second-order valence-corrected chi connectivity index (χ2v) is 15.4. The number of thioether (sulfide) groups is 2. The molecule has 0 unspecified atom stereocenters. The van der Waals surface area contributed by atoms with Crippen LogP contribution in [0.2, 0.25) is 0 Å². The van der Waals surface area contributed by atoms with Crippen LogP contribution in [0.4, 0.5) is 30.7 Å². The lowest BCUT2D eigenvalue weighted by molar-refractivity contribution is 0.363. The lowest BCUT2D eigenvalue weighted by Gasteiger charge is -2.22. The molecule has 1 fully saturated rings. The van der Waals surface area contributed by atoms with Crippen LogP contribution in [-0.4, -0.2) is 28.3 Å². The molecule has 0 radical (unpaired) electrons. The number of primary sulfonamides is 2. The number of hydrogen-bond donors (Lipinski definition) is 2. The molecule has 0 bridgehead atoms. The van der Waals surface area contributed by atoms with E-state index in [-0.39, 0.29) is 23.7 Å². The molecule has 44 heavy (non-hydrogen) atoms. The summed E-state index contributed by atoms with van der Waals surface area (Å²) in [6.45, 7) is 3.54. The molecular weight excluding hydrogens is 678 g/mol. The first-order valence-electron chi connectivity index (χ1n) is 13.8. The summed E-state index contributed by atoms with van der Waals surface area (Å²) in [5, 5.41) is 9.60. The molecule has 0 heterocycles. The Kier molecular flexibility index (Phi) is 14.8. The summed E-state index contributed by atoms with van der Waals surface area (Å²) < 4.78 is 143. The zero-order valence-electron chi connectivity index (χ0n) is 24.1. The van der Waals surface area contributed by atoms with Crippen molar-refractivity contribution in [3.8, 4) is 0 Å². The summed E-state index contributed by atoms with van der Waals surface area (Å²) >= 11 is 1.42. The van der Waals surface area contributed by atoms with Crippen LogP contribution in [0.1, 0.15) is 77.2 Å². The molecule has 2 aromatic rings. The quantitative estimate of drug-likeness (QED) is 0.149. The molecule has 0 saturated heterocycles. The number of sulfonamides is 2. The molecule has 1 aliphatic carbocycles. The van der Waals surface area contributed by atoms with Gasteiger partial charge in [-0.05, 0) is 36.7 Å². The number of nitrogens with two attached hydrogens (primary N) is 2. The zero-order chi connectivity index (χ0) is 33.4. The topological polar surface area (TPSA) is 120 Å². The lowest BCUT2D eigenvalue weighted by atomic mass is 9.86. The van der Waals surface area contributed by atoms with E-state index in [0.29, 0.717) is 30.4 Å². The Bertz CT molecular complexity index is 1500. The van der Waals surface area contributed by atoms with Gasteiger partial charge in [0.1, 0.15) is 10.7 Å². The van der Waals surface area contributed by atoms with Gasteiger partial charge in [0.15, 0.2) is 39.8 Å². The SMILES string of the molecule is CCCSc1c(F)c(F)c(S(N)(=O)=O)c(CC2CCCCCCC2)c1F.CCCSc1c(F)c(F)c(S(N)(=O)=O)c(F)c1F. The van der Waals surface area contributed by atoms with Crippen LogP contribution in [-0.2, 0) is 26.5 Å². The highest BCUT2D eigenvalue weighted by Gasteiger charge is 2.33. The highest BCUT2D eigenvalue weighted by atomic mass is 32.2. The number of halogens is 7. The Morgan fingerprint density at radius 3 is 1.34 bits per heavy atom. The van der Waals surface area contributed by atoms with E-state index in [4.69, 9.17) is 5.14 Å². The van der Waals surface area contributed by atoms with Crippen LogP contribution < -0.4 is 10.3 Å². The molecule has 4 N–H and O–H groups in total. The van der Waals surface area contributed by atoms with Gasteiger partial charge in [-0.2, -0.15) is 0 Å². The first-order valence-corrected chi connectivity index (χ1v) is 18.9. The molecule has 0 aliphatic heterocycles. The van der Waals surface area contributed by atoms with Crippen molar-refractivity contribution in [3.05, 3.63) is 46.3 Å². The maximum absolute atomic E-state index is 15.0. The van der Waals surface area contributed by atoms with Crippen molar-refractivity contribution in [2.45, 2.75) is 97.6 Å². The Morgan fingerprint density at radius 1 is 0.591 bits per heavy atom. The molecule has 0 aromatic heterocycles. The molecule has 2 aromatic carbocycles. The molecular formula is C27H35F7N2O4S4. The predicted molar refractivity (Wildman–Crippen MR) is 157 cm³/mol. The van der Waals surface area contributed by atoms with Crippen molar-refractivity contribution in [2.75, 3.05) is 11.5 Å². The molecule has 0 atom stereocenters. The van der Waals surface area contributed by atoms with Crippen molar-refractivity contribution in [1.29, 1.82) is 0 Å². The summed E-state index contributed by atoms with van der Waals surface area (Å²) in [4.78, 5) is -4.15. The Morgan fingerprint density at radius 2 is 0.955 bits per heavy atom. The highest BCUT2D eigenvalue weighted by Crippen LogP contribution is 2.37. The van der Waals surface area contributed by atoms with E-state index in [1.54, 1.807) is 6.92 Å². The van der Waals surface area contributed by atoms with E-state index in [1.165, 1.54) is 0 Å². The van der Waals surface area contributed by atoms with E-state index in [1.807, 2.05) is 6.92 Å². The number of benzene rings is 2. The van der Waals surface area contributed by atoms with E-state index in [2.05, 4.69) is 5.14 Å². The fourth-order valence-corrected chi connectivity index (χ4v) is 7.93. The molecule has 0 amide bonds. The fourth-order valence-electron chi connectivity index (χ4n) is 4.68. The average molecular weight is 713 g/mol. The third kappa shape index (κ3) is 9.74. The molecule has 17 heteroatoms. The highest BCUT2D eigenvalue weighted by molar-refractivity contribution is 7.99. The summed E-state index contributed by atoms with van der Waals surface area (Å²) in [5.41, 5.74) is -0.296. The Hall–Kier alpha value is -1.53. The van der Waals surface area contributed by atoms with E-state index >= 15 is 4.39 Å². The molecule has 250 valence electrons. The molecule has 1 saturated carbocycles. The van der Waals surface area contributed by atoms with Gasteiger partial charge < -0.3 is 0 Å². The Balaban J connectivity index is 0.000000329. The van der Waals surface area contributed by atoms with Gasteiger partial charge in [0.25, 0.3) is 0 Å². The van der Waals surface area contributed by atoms with Gasteiger partial charge in [0, 0.05) is 5.56 Å².